The van der Waals surface area contributed by atoms with Crippen molar-refractivity contribution in [1.29, 1.82) is 0 Å². The molecule has 0 atom stereocenters. The highest BCUT2D eigenvalue weighted by Gasteiger charge is 2.44. The predicted molar refractivity (Wildman–Crippen MR) is 249 cm³/mol. The van der Waals surface area contributed by atoms with Gasteiger partial charge >= 0.3 is 0 Å². The van der Waals surface area contributed by atoms with Gasteiger partial charge in [0.1, 0.15) is 0 Å². The van der Waals surface area contributed by atoms with Gasteiger partial charge in [-0.05, 0) is 85.8 Å². The molecule has 9 aromatic rings. The van der Waals surface area contributed by atoms with Gasteiger partial charge in [-0.1, -0.05) is 194 Å². The minimum atomic E-state index is -0.594. The van der Waals surface area contributed by atoms with Crippen LogP contribution in [0.5, 0.6) is 0 Å². The minimum absolute atomic E-state index is 0.594. The molecule has 282 valence electrons. The summed E-state index contributed by atoms with van der Waals surface area (Å²) in [5, 5.41) is 3.36. The van der Waals surface area contributed by atoms with Gasteiger partial charge < -0.3 is 0 Å². The Kier molecular flexibility index (Phi) is 8.98. The van der Waals surface area contributed by atoms with E-state index < -0.39 is 5.41 Å². The summed E-state index contributed by atoms with van der Waals surface area (Å²) in [6.07, 6.45) is 11.0. The van der Waals surface area contributed by atoms with Crippen molar-refractivity contribution >= 4 is 28.2 Å². The van der Waals surface area contributed by atoms with Crippen LogP contribution in [0.4, 0.5) is 0 Å². The summed E-state index contributed by atoms with van der Waals surface area (Å²) >= 11 is 1.76. The van der Waals surface area contributed by atoms with Crippen LogP contribution in [0.25, 0.3) is 72.6 Å². The summed E-state index contributed by atoms with van der Waals surface area (Å²) < 4.78 is 0. The van der Waals surface area contributed by atoms with Gasteiger partial charge in [0.05, 0.1) is 22.3 Å². The number of fused-ring (bicyclic) bond motifs is 8. The van der Waals surface area contributed by atoms with Crippen LogP contribution in [0.3, 0.4) is 0 Å². The molecule has 0 fully saturated rings. The van der Waals surface area contributed by atoms with E-state index in [0.29, 0.717) is 5.82 Å². The molecule has 0 N–H and O–H groups in total. The maximum absolute atomic E-state index is 5.26. The van der Waals surface area contributed by atoms with Crippen molar-refractivity contribution in [3.05, 3.63) is 246 Å². The summed E-state index contributed by atoms with van der Waals surface area (Å²) in [5.74, 6) is 0.702. The second-order valence-corrected chi connectivity index (χ2v) is 16.1. The topological polar surface area (TPSA) is 38.7 Å². The Morgan fingerprint density at radius 1 is 0.450 bits per heavy atom. The van der Waals surface area contributed by atoms with Crippen molar-refractivity contribution in [2.45, 2.75) is 10.3 Å². The smallest absolute Gasteiger partial charge is 0.160 e. The Balaban J connectivity index is 1.09. The molecule has 1 aliphatic heterocycles. The zero-order chi connectivity index (χ0) is 39.9. The molecule has 7 aromatic carbocycles. The number of nitrogens with zero attached hydrogens (tertiary/aromatic N) is 3. The van der Waals surface area contributed by atoms with Crippen LogP contribution in [0, 0.1) is 0 Å². The third-order valence-corrected chi connectivity index (χ3v) is 12.7. The third-order valence-electron chi connectivity index (χ3n) is 11.8. The Morgan fingerprint density at radius 3 is 1.83 bits per heavy atom. The van der Waals surface area contributed by atoms with E-state index >= 15 is 0 Å². The lowest BCUT2D eigenvalue weighted by Crippen LogP contribution is -2.25. The molecule has 1 spiro atoms. The van der Waals surface area contributed by atoms with Crippen LogP contribution in [0.15, 0.2) is 229 Å². The molecule has 3 heterocycles. The van der Waals surface area contributed by atoms with Gasteiger partial charge in [0.2, 0.25) is 0 Å². The molecule has 0 amide bonds. The van der Waals surface area contributed by atoms with Gasteiger partial charge in [0, 0.05) is 33.2 Å². The van der Waals surface area contributed by atoms with E-state index in [4.69, 9.17) is 9.97 Å². The van der Waals surface area contributed by atoms with Crippen LogP contribution in [-0.4, -0.2) is 15.0 Å². The van der Waals surface area contributed by atoms with E-state index in [1.54, 1.807) is 11.8 Å². The van der Waals surface area contributed by atoms with Gasteiger partial charge in [-0.25, -0.2) is 9.97 Å². The average molecular weight is 784 g/mol. The number of pyridine rings is 1. The average Bonchev–Trinajstić information content (AvgIpc) is 3.61. The molecule has 3 nitrogen and oxygen atoms in total. The van der Waals surface area contributed by atoms with E-state index in [9.17, 15) is 0 Å². The van der Waals surface area contributed by atoms with E-state index in [0.717, 1.165) is 50.1 Å². The van der Waals surface area contributed by atoms with Crippen LogP contribution in [-0.2, 0) is 5.41 Å². The predicted octanol–water partition coefficient (Wildman–Crippen LogP) is 14.3. The highest BCUT2D eigenvalue weighted by molar-refractivity contribution is 8.02. The molecule has 0 bridgehead atoms. The van der Waals surface area contributed by atoms with Crippen LogP contribution in [0.1, 0.15) is 22.3 Å². The highest BCUT2D eigenvalue weighted by atomic mass is 32.2. The van der Waals surface area contributed by atoms with Crippen LogP contribution < -0.4 is 0 Å². The second-order valence-electron chi connectivity index (χ2n) is 15.2. The number of hydrogen-bond donors (Lipinski definition) is 0. The van der Waals surface area contributed by atoms with E-state index in [2.05, 4.69) is 192 Å². The van der Waals surface area contributed by atoms with Crippen molar-refractivity contribution in [1.82, 2.24) is 15.0 Å². The number of hydrogen-bond acceptors (Lipinski definition) is 4. The van der Waals surface area contributed by atoms with E-state index in [1.165, 1.54) is 43.8 Å². The molecule has 4 heteroatoms. The van der Waals surface area contributed by atoms with Crippen molar-refractivity contribution in [3.63, 3.8) is 0 Å². The van der Waals surface area contributed by atoms with Crippen molar-refractivity contribution in [2.75, 3.05) is 0 Å². The van der Waals surface area contributed by atoms with Crippen molar-refractivity contribution < 1.29 is 0 Å². The Morgan fingerprint density at radius 2 is 1.08 bits per heavy atom. The number of rotatable bonds is 5. The van der Waals surface area contributed by atoms with Gasteiger partial charge in [-0.2, -0.15) is 0 Å². The fourth-order valence-corrected chi connectivity index (χ4v) is 9.71. The van der Waals surface area contributed by atoms with Gasteiger partial charge in [0.25, 0.3) is 0 Å². The molecular formula is C56H37N3S. The highest BCUT2D eigenvalue weighted by Crippen LogP contribution is 2.56. The zero-order valence-corrected chi connectivity index (χ0v) is 33.4. The van der Waals surface area contributed by atoms with Gasteiger partial charge in [-0.3, -0.25) is 4.98 Å². The maximum Gasteiger partial charge on any atom is 0.160 e. The van der Waals surface area contributed by atoms with Crippen molar-refractivity contribution in [2.24, 2.45) is 0 Å². The minimum Gasteiger partial charge on any atom is -0.256 e. The quantitative estimate of drug-likeness (QED) is 0.174. The van der Waals surface area contributed by atoms with E-state index in [1.807, 2.05) is 36.5 Å². The second kappa shape index (κ2) is 15.1. The lowest BCUT2D eigenvalue weighted by Gasteiger charge is -2.32. The Hall–Kier alpha value is -7.40. The first-order chi connectivity index (χ1) is 29.7. The third kappa shape index (κ3) is 6.21. The first-order valence-corrected chi connectivity index (χ1v) is 21.1. The fourth-order valence-electron chi connectivity index (χ4n) is 8.91. The van der Waals surface area contributed by atoms with Crippen LogP contribution in [0.2, 0.25) is 0 Å². The first kappa shape index (κ1) is 35.7. The molecule has 2 aromatic heterocycles. The largest absolute Gasteiger partial charge is 0.256 e. The maximum atomic E-state index is 5.26. The first-order valence-electron chi connectivity index (χ1n) is 20.2. The number of thioether (sulfide) groups is 1. The SMILES string of the molecule is C1=C\Sc2ccc(-c3cc(-c4ccccc4)nc(-c4ccccc4)n3)cc2C2(/C=C/C(c3ccc(-c4cccc5ncccc45)cc3)=C\1)c1ccccc1-c1ccccc12. The molecule has 11 rings (SSSR count). The lowest BCUT2D eigenvalue weighted by molar-refractivity contribution is 0.783. The Labute approximate surface area is 354 Å². The molecule has 0 radical (unpaired) electrons. The molecule has 0 saturated carbocycles. The van der Waals surface area contributed by atoms with E-state index in [-0.39, 0.29) is 0 Å². The summed E-state index contributed by atoms with van der Waals surface area (Å²) in [4.78, 5) is 16.1. The summed E-state index contributed by atoms with van der Waals surface area (Å²) in [6, 6.07) is 66.9. The molecule has 1 aliphatic carbocycles. The van der Waals surface area contributed by atoms with Crippen molar-refractivity contribution in [3.8, 4) is 56.2 Å². The number of benzene rings is 7. The monoisotopic (exact) mass is 783 g/mol. The molecule has 2 aliphatic rings. The molecule has 0 saturated heterocycles. The fraction of sp³-hybridized carbons (Fsp3) is 0.0179. The van der Waals surface area contributed by atoms with Crippen LogP contribution >= 0.6 is 11.8 Å². The zero-order valence-electron chi connectivity index (χ0n) is 32.6. The standard InChI is InChI=1S/C56H37N3S/c1-3-14-41(15-4-1)52-37-53(59-55(58-52)42-16-5-2-6-17-42)43-30-31-54-50(36-43)56(48-23-9-7-19-45(48)46-20-8-10-24-49(46)56)33-32-38(18-13-35-60-54)39-26-28-40(29-27-39)44-21-11-25-51-47(44)22-12-34-57-51/h1-37H/b33-32+,35-13+,38-18+. The summed E-state index contributed by atoms with van der Waals surface area (Å²) in [7, 11) is 0. The number of aromatic nitrogens is 3. The summed E-state index contributed by atoms with van der Waals surface area (Å²) in [6.45, 7) is 0. The van der Waals surface area contributed by atoms with Gasteiger partial charge in [-0.15, -0.1) is 0 Å². The molecular weight excluding hydrogens is 747 g/mol. The van der Waals surface area contributed by atoms with Gasteiger partial charge in [0.15, 0.2) is 5.82 Å². The Bertz CT molecular complexity index is 3060. The summed E-state index contributed by atoms with van der Waals surface area (Å²) in [5.41, 5.74) is 16.1. The molecule has 0 unspecified atom stereocenters. The lowest BCUT2D eigenvalue weighted by atomic mass is 9.71. The molecule has 60 heavy (non-hydrogen) atoms. The normalized spacial score (nSPS) is 15.6. The number of allylic oxidation sites excluding steroid dienone is 5.